The SMILES string of the molecule is CC/C=C\C/C=C\C/C=C\C/C=C\C/C=C\C/C=C\CCC(=O)OC(CCCCCC/C=C/C/C=C/C/C=C/CC)CC(=O)NC(CO)C(O)CCCCCCCCCCC. The second-order valence-corrected chi connectivity index (χ2v) is 16.1. The topological polar surface area (TPSA) is 95.9 Å². The van der Waals surface area contributed by atoms with Gasteiger partial charge in [-0.2, -0.15) is 0 Å². The van der Waals surface area contributed by atoms with Crippen LogP contribution in [0.2, 0.25) is 0 Å². The van der Waals surface area contributed by atoms with Crippen molar-refractivity contribution in [3.8, 4) is 0 Å². The molecule has 0 aromatic heterocycles. The summed E-state index contributed by atoms with van der Waals surface area (Å²) >= 11 is 0. The van der Waals surface area contributed by atoms with Crippen molar-refractivity contribution >= 4 is 11.9 Å². The Morgan fingerprint density at radius 2 is 0.885 bits per heavy atom. The lowest BCUT2D eigenvalue weighted by Crippen LogP contribution is -2.46. The highest BCUT2D eigenvalue weighted by atomic mass is 16.5. The second kappa shape index (κ2) is 47.6. The Kier molecular flexibility index (Phi) is 44.9. The number of carbonyl (C=O) groups is 2. The van der Waals surface area contributed by atoms with Gasteiger partial charge in [0.2, 0.25) is 5.91 Å². The first-order chi connectivity index (χ1) is 30.0. The van der Waals surface area contributed by atoms with Gasteiger partial charge in [0.05, 0.1) is 25.2 Å². The molecule has 0 saturated heterocycles. The van der Waals surface area contributed by atoms with E-state index in [-0.39, 0.29) is 31.3 Å². The van der Waals surface area contributed by atoms with E-state index in [4.69, 9.17) is 4.74 Å². The second-order valence-electron chi connectivity index (χ2n) is 16.1. The quantitative estimate of drug-likeness (QED) is 0.0323. The third-order valence-corrected chi connectivity index (χ3v) is 10.4. The number of esters is 1. The molecule has 0 aromatic rings. The zero-order chi connectivity index (χ0) is 44.5. The molecule has 0 aliphatic carbocycles. The fourth-order valence-electron chi connectivity index (χ4n) is 6.70. The van der Waals surface area contributed by atoms with Crippen molar-refractivity contribution in [3.05, 3.63) is 109 Å². The Bertz CT molecular complexity index is 1270. The van der Waals surface area contributed by atoms with Crippen LogP contribution in [0.25, 0.3) is 0 Å². The van der Waals surface area contributed by atoms with E-state index in [2.05, 4.69) is 129 Å². The highest BCUT2D eigenvalue weighted by molar-refractivity contribution is 5.77. The molecule has 6 heteroatoms. The molecule has 6 nitrogen and oxygen atoms in total. The highest BCUT2D eigenvalue weighted by Crippen LogP contribution is 2.16. The van der Waals surface area contributed by atoms with Crippen LogP contribution in [0.5, 0.6) is 0 Å². The molecule has 0 heterocycles. The molecule has 0 radical (unpaired) electrons. The molecule has 0 bridgehead atoms. The number of nitrogens with one attached hydrogen (secondary N) is 1. The van der Waals surface area contributed by atoms with Gasteiger partial charge in [-0.25, -0.2) is 0 Å². The monoisotopic (exact) mass is 846 g/mol. The number of aliphatic hydroxyl groups is 2. The van der Waals surface area contributed by atoms with E-state index < -0.39 is 18.2 Å². The smallest absolute Gasteiger partial charge is 0.306 e. The van der Waals surface area contributed by atoms with Crippen LogP contribution in [-0.4, -0.2) is 46.9 Å². The van der Waals surface area contributed by atoms with Gasteiger partial charge >= 0.3 is 5.97 Å². The first-order valence-electron chi connectivity index (χ1n) is 24.6. The zero-order valence-corrected chi connectivity index (χ0v) is 39.2. The maximum absolute atomic E-state index is 13.2. The third kappa shape index (κ3) is 43.0. The summed E-state index contributed by atoms with van der Waals surface area (Å²) in [5.74, 6) is -0.609. The minimum Gasteiger partial charge on any atom is -0.462 e. The average molecular weight is 846 g/mol. The maximum Gasteiger partial charge on any atom is 0.306 e. The molecule has 0 saturated carbocycles. The van der Waals surface area contributed by atoms with E-state index in [0.29, 0.717) is 19.3 Å². The molecule has 61 heavy (non-hydrogen) atoms. The molecule has 3 N–H and O–H groups in total. The lowest BCUT2D eigenvalue weighted by Gasteiger charge is -2.24. The predicted octanol–water partition coefficient (Wildman–Crippen LogP) is 14.7. The molecular weight excluding hydrogens is 755 g/mol. The number of hydrogen-bond donors (Lipinski definition) is 3. The molecule has 0 aliphatic heterocycles. The first-order valence-corrected chi connectivity index (χ1v) is 24.6. The molecule has 3 atom stereocenters. The largest absolute Gasteiger partial charge is 0.462 e. The lowest BCUT2D eigenvalue weighted by molar-refractivity contribution is -0.150. The molecule has 346 valence electrons. The fourth-order valence-corrected chi connectivity index (χ4v) is 6.70. The minimum absolute atomic E-state index is 0.0252. The average Bonchev–Trinajstić information content (AvgIpc) is 3.25. The number of hydrogen-bond acceptors (Lipinski definition) is 5. The summed E-state index contributed by atoms with van der Waals surface area (Å²) in [4.78, 5) is 26.0. The maximum atomic E-state index is 13.2. The first kappa shape index (κ1) is 57.5. The normalized spacial score (nSPS) is 14.2. The van der Waals surface area contributed by atoms with Gasteiger partial charge in [0.15, 0.2) is 0 Å². The summed E-state index contributed by atoms with van der Waals surface area (Å²) in [6, 6.07) is -0.729. The molecular formula is C55H91NO5. The number of amides is 1. The van der Waals surface area contributed by atoms with Crippen LogP contribution in [0, 0.1) is 0 Å². The van der Waals surface area contributed by atoms with Crippen LogP contribution in [0.4, 0.5) is 0 Å². The zero-order valence-electron chi connectivity index (χ0n) is 39.2. The van der Waals surface area contributed by atoms with E-state index in [1.807, 2.05) is 6.08 Å². The summed E-state index contributed by atoms with van der Waals surface area (Å²) in [5.41, 5.74) is 0. The van der Waals surface area contributed by atoms with E-state index in [9.17, 15) is 19.8 Å². The van der Waals surface area contributed by atoms with Crippen molar-refractivity contribution < 1.29 is 24.5 Å². The number of aliphatic hydroxyl groups excluding tert-OH is 2. The molecule has 3 unspecified atom stereocenters. The van der Waals surface area contributed by atoms with Crippen LogP contribution in [0.1, 0.15) is 201 Å². The van der Waals surface area contributed by atoms with Crippen molar-refractivity contribution in [1.82, 2.24) is 5.32 Å². The van der Waals surface area contributed by atoms with Crippen LogP contribution in [-0.2, 0) is 14.3 Å². The highest BCUT2D eigenvalue weighted by Gasteiger charge is 2.24. The Hall–Kier alpha value is -3.48. The van der Waals surface area contributed by atoms with E-state index in [0.717, 1.165) is 109 Å². The van der Waals surface area contributed by atoms with Gasteiger partial charge in [0.25, 0.3) is 0 Å². The minimum atomic E-state index is -0.811. The van der Waals surface area contributed by atoms with Gasteiger partial charge in [0, 0.05) is 6.42 Å². The Morgan fingerprint density at radius 3 is 1.34 bits per heavy atom. The molecule has 0 aliphatic rings. The van der Waals surface area contributed by atoms with Gasteiger partial charge in [-0.1, -0.05) is 201 Å². The number of carbonyl (C=O) groups excluding carboxylic acids is 2. The van der Waals surface area contributed by atoms with Crippen LogP contribution in [0.15, 0.2) is 109 Å². The van der Waals surface area contributed by atoms with Gasteiger partial charge in [-0.05, 0) is 96.3 Å². The summed E-state index contributed by atoms with van der Waals surface area (Å²) in [5, 5.41) is 23.6. The van der Waals surface area contributed by atoms with Crippen molar-refractivity contribution in [2.75, 3.05) is 6.61 Å². The Labute approximate surface area is 375 Å². The number of allylic oxidation sites excluding steroid dienone is 18. The lowest BCUT2D eigenvalue weighted by atomic mass is 10.0. The third-order valence-electron chi connectivity index (χ3n) is 10.4. The predicted molar refractivity (Wildman–Crippen MR) is 263 cm³/mol. The Morgan fingerprint density at radius 1 is 0.492 bits per heavy atom. The van der Waals surface area contributed by atoms with Gasteiger partial charge in [-0.15, -0.1) is 0 Å². The van der Waals surface area contributed by atoms with Crippen molar-refractivity contribution in [2.45, 2.75) is 219 Å². The number of rotatable bonds is 42. The van der Waals surface area contributed by atoms with Crippen molar-refractivity contribution in [3.63, 3.8) is 0 Å². The van der Waals surface area contributed by atoms with Gasteiger partial charge < -0.3 is 20.3 Å². The van der Waals surface area contributed by atoms with Gasteiger partial charge in [-0.3, -0.25) is 9.59 Å². The van der Waals surface area contributed by atoms with Crippen LogP contribution >= 0.6 is 0 Å². The molecule has 0 aromatic carbocycles. The summed E-state index contributed by atoms with van der Waals surface area (Å²) in [7, 11) is 0. The number of ether oxygens (including phenoxy) is 1. The van der Waals surface area contributed by atoms with E-state index in [1.54, 1.807) is 0 Å². The molecule has 0 rings (SSSR count). The molecule has 0 spiro atoms. The fraction of sp³-hybridized carbons (Fsp3) is 0.636. The Balaban J connectivity index is 4.76. The van der Waals surface area contributed by atoms with E-state index >= 15 is 0 Å². The van der Waals surface area contributed by atoms with E-state index in [1.165, 1.54) is 38.5 Å². The molecule has 0 fully saturated rings. The summed E-state index contributed by atoms with van der Waals surface area (Å²) in [6.07, 6.45) is 64.4. The standard InChI is InChI=1S/C55H91NO5/c1-4-7-10-13-16-19-21-23-25-26-27-28-29-31-33-36-39-42-45-48-55(60)61-51(46-43-40-37-35-32-30-24-22-20-17-14-11-8-5-2)49-54(59)56-52(50-57)53(58)47-44-41-38-34-18-15-12-9-6-3/h7-8,10-11,16-17,19-20,23-25,27-28,30-31,33,39,42,51-53,57-58H,4-6,9,12-15,18,21-22,26,29,32,34-38,40-41,43-50H2,1-3H3,(H,56,59)/b10-7-,11-8+,19-16-,20-17+,25-23-,28-27-,30-24+,33-31-,42-39-. The van der Waals surface area contributed by atoms with Crippen molar-refractivity contribution in [2.24, 2.45) is 0 Å². The summed E-state index contributed by atoms with van der Waals surface area (Å²) in [6.45, 7) is 6.20. The summed E-state index contributed by atoms with van der Waals surface area (Å²) < 4.78 is 5.87. The van der Waals surface area contributed by atoms with Crippen LogP contribution < -0.4 is 5.32 Å². The molecule has 1 amide bonds. The van der Waals surface area contributed by atoms with Crippen LogP contribution in [0.3, 0.4) is 0 Å². The van der Waals surface area contributed by atoms with Crippen molar-refractivity contribution in [1.29, 1.82) is 0 Å². The van der Waals surface area contributed by atoms with Gasteiger partial charge in [0.1, 0.15) is 6.10 Å². The number of unbranched alkanes of at least 4 members (excludes halogenated alkanes) is 12.